The Hall–Kier alpha value is -1.64. The number of benzene rings is 1. The van der Waals surface area contributed by atoms with Gasteiger partial charge in [0.2, 0.25) is 5.91 Å². The molecule has 3 heteroatoms. The number of ketones is 1. The summed E-state index contributed by atoms with van der Waals surface area (Å²) in [6.07, 6.45) is 3.45. The molecule has 0 saturated heterocycles. The maximum Gasteiger partial charge on any atom is 0.223 e. The zero-order valence-corrected chi connectivity index (χ0v) is 14.3. The average molecular weight is 313 g/mol. The average Bonchev–Trinajstić information content (AvgIpc) is 2.74. The van der Waals surface area contributed by atoms with Gasteiger partial charge in [-0.3, -0.25) is 9.59 Å². The molecule has 1 amide bonds. The maximum absolute atomic E-state index is 12.8. The second-order valence-electron chi connectivity index (χ2n) is 8.26. The monoisotopic (exact) mass is 313 g/mol. The second kappa shape index (κ2) is 6.10. The quantitative estimate of drug-likeness (QED) is 0.920. The first-order valence-electron chi connectivity index (χ1n) is 8.75. The van der Waals surface area contributed by atoms with Crippen molar-refractivity contribution in [3.8, 4) is 0 Å². The van der Waals surface area contributed by atoms with Crippen molar-refractivity contribution in [1.29, 1.82) is 0 Å². The molecule has 1 aromatic carbocycles. The zero-order chi connectivity index (χ0) is 16.6. The van der Waals surface area contributed by atoms with Crippen molar-refractivity contribution in [2.75, 3.05) is 0 Å². The smallest absolute Gasteiger partial charge is 0.223 e. The molecule has 0 aromatic heterocycles. The van der Waals surface area contributed by atoms with E-state index < -0.39 is 0 Å². The number of Topliss-reactive ketones (excluding diaryl/α,β-unsaturated/α-hetero) is 1. The molecule has 0 aliphatic heterocycles. The van der Waals surface area contributed by atoms with Crippen LogP contribution in [0.2, 0.25) is 0 Å². The van der Waals surface area contributed by atoms with E-state index >= 15 is 0 Å². The van der Waals surface area contributed by atoms with Gasteiger partial charge >= 0.3 is 0 Å². The molecule has 3 atom stereocenters. The van der Waals surface area contributed by atoms with Crippen LogP contribution in [0.1, 0.15) is 58.1 Å². The van der Waals surface area contributed by atoms with Gasteiger partial charge in [0.25, 0.3) is 0 Å². The van der Waals surface area contributed by atoms with Crippen LogP contribution in [0.15, 0.2) is 30.3 Å². The molecule has 3 nitrogen and oxygen atoms in total. The van der Waals surface area contributed by atoms with E-state index in [9.17, 15) is 9.59 Å². The molecule has 3 rings (SSSR count). The van der Waals surface area contributed by atoms with Crippen molar-refractivity contribution >= 4 is 11.7 Å². The van der Waals surface area contributed by atoms with E-state index in [0.717, 1.165) is 31.2 Å². The van der Waals surface area contributed by atoms with Crippen LogP contribution >= 0.6 is 0 Å². The third-order valence-electron chi connectivity index (χ3n) is 5.46. The summed E-state index contributed by atoms with van der Waals surface area (Å²) in [5.74, 6) is 0.796. The van der Waals surface area contributed by atoms with E-state index in [1.807, 2.05) is 18.2 Å². The van der Waals surface area contributed by atoms with Crippen molar-refractivity contribution in [3.05, 3.63) is 35.9 Å². The molecule has 2 bridgehead atoms. The van der Waals surface area contributed by atoms with E-state index in [1.54, 1.807) is 0 Å². The predicted molar refractivity (Wildman–Crippen MR) is 90.7 cm³/mol. The minimum atomic E-state index is -0.0551. The topological polar surface area (TPSA) is 46.2 Å². The molecule has 1 N–H and O–H groups in total. The highest BCUT2D eigenvalue weighted by Gasteiger charge is 2.44. The molecule has 0 radical (unpaired) electrons. The molecule has 124 valence electrons. The number of hydrogen-bond donors (Lipinski definition) is 1. The number of carbonyl (C=O) groups excluding carboxylic acids is 2. The van der Waals surface area contributed by atoms with Gasteiger partial charge in [-0.15, -0.1) is 0 Å². The Morgan fingerprint density at radius 2 is 1.65 bits per heavy atom. The highest BCUT2D eigenvalue weighted by molar-refractivity contribution is 5.89. The van der Waals surface area contributed by atoms with Gasteiger partial charge in [-0.1, -0.05) is 51.1 Å². The molecule has 0 spiro atoms. The van der Waals surface area contributed by atoms with Gasteiger partial charge in [0.15, 0.2) is 0 Å². The summed E-state index contributed by atoms with van der Waals surface area (Å²) < 4.78 is 0. The van der Waals surface area contributed by atoms with Crippen molar-refractivity contribution in [2.45, 2.75) is 52.5 Å². The molecular formula is C20H27NO2. The summed E-state index contributed by atoms with van der Waals surface area (Å²) in [6, 6.07) is 10.2. The van der Waals surface area contributed by atoms with Crippen molar-refractivity contribution in [1.82, 2.24) is 5.32 Å². The fourth-order valence-electron chi connectivity index (χ4n) is 4.19. The Labute approximate surface area is 138 Å². The standard InChI is InChI=1S/C20H27NO2/c1-20(2,3)18(13-7-5-4-6-8-13)21-19(23)16-11-14-9-10-15(12-16)17(14)22/h4-8,14-16,18H,9-12H2,1-3H3,(H,21,23). The van der Waals surface area contributed by atoms with Crippen LogP contribution in [0, 0.1) is 23.2 Å². The Bertz CT molecular complexity index is 571. The lowest BCUT2D eigenvalue weighted by atomic mass is 9.78. The first-order chi connectivity index (χ1) is 10.9. The largest absolute Gasteiger partial charge is 0.349 e. The summed E-state index contributed by atoms with van der Waals surface area (Å²) in [7, 11) is 0. The number of fused-ring (bicyclic) bond motifs is 2. The Balaban J connectivity index is 1.73. The van der Waals surface area contributed by atoms with Gasteiger partial charge in [-0.05, 0) is 36.7 Å². The molecule has 3 unspecified atom stereocenters. The lowest BCUT2D eigenvalue weighted by molar-refractivity contribution is -0.133. The second-order valence-corrected chi connectivity index (χ2v) is 8.26. The van der Waals surface area contributed by atoms with E-state index in [0.29, 0.717) is 5.78 Å². The fraction of sp³-hybridized carbons (Fsp3) is 0.600. The Kier molecular flexibility index (Phi) is 4.31. The minimum absolute atomic E-state index is 0.00115. The Morgan fingerprint density at radius 3 is 2.17 bits per heavy atom. The van der Waals surface area contributed by atoms with Crippen molar-refractivity contribution < 1.29 is 9.59 Å². The molecule has 1 aromatic rings. The SMILES string of the molecule is CC(C)(C)C(NC(=O)C1CC2CCC(C1)C2=O)c1ccccc1. The number of amides is 1. The fourth-order valence-corrected chi connectivity index (χ4v) is 4.19. The van der Waals surface area contributed by atoms with E-state index in [-0.39, 0.29) is 35.1 Å². The van der Waals surface area contributed by atoms with Gasteiger partial charge in [0.1, 0.15) is 5.78 Å². The third kappa shape index (κ3) is 3.34. The van der Waals surface area contributed by atoms with Crippen LogP contribution in [-0.2, 0) is 9.59 Å². The van der Waals surface area contributed by atoms with Gasteiger partial charge < -0.3 is 5.32 Å². The first kappa shape index (κ1) is 16.2. The van der Waals surface area contributed by atoms with Crippen LogP contribution in [-0.4, -0.2) is 11.7 Å². The highest BCUT2D eigenvalue weighted by atomic mass is 16.2. The van der Waals surface area contributed by atoms with Crippen molar-refractivity contribution in [2.24, 2.45) is 23.2 Å². The predicted octanol–water partition coefficient (Wildman–Crippen LogP) is 3.90. The number of hydrogen-bond acceptors (Lipinski definition) is 2. The van der Waals surface area contributed by atoms with Crippen LogP contribution in [0.3, 0.4) is 0 Å². The van der Waals surface area contributed by atoms with Crippen molar-refractivity contribution in [3.63, 3.8) is 0 Å². The van der Waals surface area contributed by atoms with Gasteiger partial charge in [0, 0.05) is 17.8 Å². The summed E-state index contributed by atoms with van der Waals surface area (Å²) >= 11 is 0. The highest BCUT2D eigenvalue weighted by Crippen LogP contribution is 2.42. The van der Waals surface area contributed by atoms with Crippen LogP contribution in [0.5, 0.6) is 0 Å². The lowest BCUT2D eigenvalue weighted by Gasteiger charge is -2.34. The first-order valence-corrected chi connectivity index (χ1v) is 8.75. The summed E-state index contributed by atoms with van der Waals surface area (Å²) in [5, 5.41) is 3.28. The molecule has 2 aliphatic carbocycles. The molecule has 23 heavy (non-hydrogen) atoms. The van der Waals surface area contributed by atoms with Gasteiger partial charge in [-0.25, -0.2) is 0 Å². The zero-order valence-electron chi connectivity index (χ0n) is 14.3. The maximum atomic E-state index is 12.8. The number of rotatable bonds is 3. The third-order valence-corrected chi connectivity index (χ3v) is 5.46. The normalized spacial score (nSPS) is 28.5. The molecule has 0 heterocycles. The summed E-state index contributed by atoms with van der Waals surface area (Å²) in [5.41, 5.74) is 1.09. The van der Waals surface area contributed by atoms with E-state index in [1.165, 1.54) is 0 Å². The molecule has 2 aliphatic rings. The van der Waals surface area contributed by atoms with Crippen LogP contribution in [0.4, 0.5) is 0 Å². The molecular weight excluding hydrogens is 286 g/mol. The lowest BCUT2D eigenvalue weighted by Crippen LogP contribution is -2.42. The summed E-state index contributed by atoms with van der Waals surface area (Å²) in [4.78, 5) is 24.9. The van der Waals surface area contributed by atoms with Crippen LogP contribution < -0.4 is 5.32 Å². The van der Waals surface area contributed by atoms with Crippen LogP contribution in [0.25, 0.3) is 0 Å². The minimum Gasteiger partial charge on any atom is -0.349 e. The van der Waals surface area contributed by atoms with E-state index in [4.69, 9.17) is 0 Å². The van der Waals surface area contributed by atoms with E-state index in [2.05, 4.69) is 38.2 Å². The molecule has 2 saturated carbocycles. The van der Waals surface area contributed by atoms with Gasteiger partial charge in [0.05, 0.1) is 6.04 Å². The van der Waals surface area contributed by atoms with Gasteiger partial charge in [-0.2, -0.15) is 0 Å². The molecule has 2 fully saturated rings. The summed E-state index contributed by atoms with van der Waals surface area (Å²) in [6.45, 7) is 6.46. The number of nitrogens with one attached hydrogen (secondary N) is 1. The number of carbonyl (C=O) groups is 2. The Morgan fingerprint density at radius 1 is 1.09 bits per heavy atom.